The zero-order valence-electron chi connectivity index (χ0n) is 9.97. The summed E-state index contributed by atoms with van der Waals surface area (Å²) in [5.74, 6) is 1.55. The van der Waals surface area contributed by atoms with Crippen LogP contribution < -0.4 is 4.74 Å². The highest BCUT2D eigenvalue weighted by atomic mass is 79.9. The van der Waals surface area contributed by atoms with Crippen molar-refractivity contribution in [1.82, 2.24) is 0 Å². The Labute approximate surface area is 111 Å². The first kappa shape index (κ1) is 13.9. The van der Waals surface area contributed by atoms with Gasteiger partial charge in [0.15, 0.2) is 0 Å². The molecule has 0 aliphatic carbocycles. The Balaban J connectivity index is 2.80. The predicted octanol–water partition coefficient (Wildman–Crippen LogP) is 5.17. The maximum atomic E-state index is 6.41. The summed E-state index contributed by atoms with van der Waals surface area (Å²) in [4.78, 5) is 0. The monoisotopic (exact) mass is 304 g/mol. The first-order valence-electron chi connectivity index (χ1n) is 5.52. The fourth-order valence-electron chi connectivity index (χ4n) is 1.59. The van der Waals surface area contributed by atoms with Crippen molar-refractivity contribution in [1.29, 1.82) is 0 Å². The van der Waals surface area contributed by atoms with E-state index in [4.69, 9.17) is 16.3 Å². The van der Waals surface area contributed by atoms with Gasteiger partial charge >= 0.3 is 0 Å². The smallest absolute Gasteiger partial charge is 0.123 e. The van der Waals surface area contributed by atoms with Crippen LogP contribution in [0.5, 0.6) is 5.75 Å². The highest BCUT2D eigenvalue weighted by Crippen LogP contribution is 2.35. The van der Waals surface area contributed by atoms with E-state index in [1.807, 2.05) is 18.2 Å². The molecule has 1 aromatic rings. The lowest BCUT2D eigenvalue weighted by molar-refractivity contribution is 0.407. The molecular weight excluding hydrogens is 287 g/mol. The predicted molar refractivity (Wildman–Crippen MR) is 73.4 cm³/mol. The minimum Gasteiger partial charge on any atom is -0.496 e. The lowest BCUT2D eigenvalue weighted by Gasteiger charge is -2.15. The van der Waals surface area contributed by atoms with E-state index in [2.05, 4.69) is 29.8 Å². The molecule has 1 unspecified atom stereocenters. The summed E-state index contributed by atoms with van der Waals surface area (Å²) < 4.78 is 6.36. The standard InChI is InChI=1S/C13H18BrClO/c1-9(2)4-6-12(15)11-8-10(14)5-7-13(11)16-3/h5,7-9,12H,4,6H2,1-3H3. The van der Waals surface area contributed by atoms with Crippen molar-refractivity contribution in [2.24, 2.45) is 5.92 Å². The number of alkyl halides is 1. The van der Waals surface area contributed by atoms with Crippen LogP contribution in [0.15, 0.2) is 22.7 Å². The van der Waals surface area contributed by atoms with Crippen LogP contribution in [0.1, 0.15) is 37.6 Å². The third-order valence-electron chi connectivity index (χ3n) is 2.53. The van der Waals surface area contributed by atoms with Crippen LogP contribution in [0.25, 0.3) is 0 Å². The van der Waals surface area contributed by atoms with Crippen molar-refractivity contribution in [2.75, 3.05) is 7.11 Å². The summed E-state index contributed by atoms with van der Waals surface area (Å²) >= 11 is 9.86. The molecule has 0 spiro atoms. The highest BCUT2D eigenvalue weighted by Gasteiger charge is 2.14. The summed E-state index contributed by atoms with van der Waals surface area (Å²) in [6.45, 7) is 4.42. The second-order valence-corrected chi connectivity index (χ2v) is 5.77. The van der Waals surface area contributed by atoms with E-state index in [0.29, 0.717) is 5.92 Å². The van der Waals surface area contributed by atoms with Crippen LogP contribution in [0.4, 0.5) is 0 Å². The Morgan fingerprint density at radius 2 is 2.00 bits per heavy atom. The maximum absolute atomic E-state index is 6.41. The normalized spacial score (nSPS) is 12.9. The van der Waals surface area contributed by atoms with Gasteiger partial charge in [-0.1, -0.05) is 29.8 Å². The van der Waals surface area contributed by atoms with Crippen molar-refractivity contribution in [3.63, 3.8) is 0 Å². The van der Waals surface area contributed by atoms with Gasteiger partial charge in [0.25, 0.3) is 0 Å². The zero-order chi connectivity index (χ0) is 12.1. The van der Waals surface area contributed by atoms with Crippen LogP contribution in [-0.4, -0.2) is 7.11 Å². The van der Waals surface area contributed by atoms with Crippen molar-refractivity contribution < 1.29 is 4.74 Å². The summed E-state index contributed by atoms with van der Waals surface area (Å²) in [5, 5.41) is 0.0230. The van der Waals surface area contributed by atoms with E-state index in [-0.39, 0.29) is 5.38 Å². The molecule has 0 aromatic heterocycles. The van der Waals surface area contributed by atoms with Crippen molar-refractivity contribution in [3.8, 4) is 5.75 Å². The summed E-state index contributed by atoms with van der Waals surface area (Å²) in [5.41, 5.74) is 1.07. The topological polar surface area (TPSA) is 9.23 Å². The van der Waals surface area contributed by atoms with Crippen molar-refractivity contribution in [3.05, 3.63) is 28.2 Å². The largest absolute Gasteiger partial charge is 0.496 e. The van der Waals surface area contributed by atoms with E-state index in [1.54, 1.807) is 7.11 Å². The second kappa shape index (κ2) is 6.51. The van der Waals surface area contributed by atoms with Crippen molar-refractivity contribution in [2.45, 2.75) is 32.1 Å². The lowest BCUT2D eigenvalue weighted by atomic mass is 10.0. The van der Waals surface area contributed by atoms with E-state index >= 15 is 0 Å². The van der Waals surface area contributed by atoms with Crippen LogP contribution in [0.2, 0.25) is 0 Å². The minimum absolute atomic E-state index is 0.0230. The lowest BCUT2D eigenvalue weighted by Crippen LogP contribution is -1.98. The maximum Gasteiger partial charge on any atom is 0.123 e. The average molecular weight is 306 g/mol. The van der Waals surface area contributed by atoms with Gasteiger partial charge in [-0.2, -0.15) is 0 Å². The van der Waals surface area contributed by atoms with Crippen LogP contribution in [0, 0.1) is 5.92 Å². The van der Waals surface area contributed by atoms with Gasteiger partial charge in [0.05, 0.1) is 12.5 Å². The fourth-order valence-corrected chi connectivity index (χ4v) is 2.26. The molecule has 1 nitrogen and oxygen atoms in total. The van der Waals surface area contributed by atoms with Crippen LogP contribution in [0.3, 0.4) is 0 Å². The third-order valence-corrected chi connectivity index (χ3v) is 3.47. The SMILES string of the molecule is COc1ccc(Br)cc1C(Cl)CCC(C)C. The Morgan fingerprint density at radius 3 is 2.56 bits per heavy atom. The molecule has 0 saturated heterocycles. The average Bonchev–Trinajstić information content (AvgIpc) is 2.25. The number of hydrogen-bond donors (Lipinski definition) is 0. The van der Waals surface area contributed by atoms with E-state index < -0.39 is 0 Å². The molecule has 0 fully saturated rings. The molecular formula is C13H18BrClO. The fraction of sp³-hybridized carbons (Fsp3) is 0.538. The molecule has 0 amide bonds. The Hall–Kier alpha value is -0.210. The number of methoxy groups -OCH3 is 1. The van der Waals surface area contributed by atoms with Gasteiger partial charge in [0.2, 0.25) is 0 Å². The molecule has 0 aliphatic rings. The molecule has 0 radical (unpaired) electrons. The van der Waals surface area contributed by atoms with E-state index in [0.717, 1.165) is 28.6 Å². The van der Waals surface area contributed by atoms with E-state index in [9.17, 15) is 0 Å². The molecule has 0 heterocycles. The van der Waals surface area contributed by atoms with Gasteiger partial charge < -0.3 is 4.74 Å². The van der Waals surface area contributed by atoms with E-state index in [1.165, 1.54) is 0 Å². The number of ether oxygens (including phenoxy) is 1. The first-order valence-corrected chi connectivity index (χ1v) is 6.75. The van der Waals surface area contributed by atoms with Crippen LogP contribution in [-0.2, 0) is 0 Å². The number of halogens is 2. The number of rotatable bonds is 5. The van der Waals surface area contributed by atoms with Gasteiger partial charge in [0, 0.05) is 10.0 Å². The first-order chi connectivity index (χ1) is 7.54. The van der Waals surface area contributed by atoms with Gasteiger partial charge in [0.1, 0.15) is 5.75 Å². The molecule has 0 aliphatic heterocycles. The number of benzene rings is 1. The Bertz CT molecular complexity index is 339. The quantitative estimate of drug-likeness (QED) is 0.682. The molecule has 3 heteroatoms. The number of hydrogen-bond acceptors (Lipinski definition) is 1. The molecule has 1 atom stereocenters. The summed E-state index contributed by atoms with van der Waals surface area (Å²) in [7, 11) is 1.68. The van der Waals surface area contributed by atoms with Gasteiger partial charge in [-0.3, -0.25) is 0 Å². The Morgan fingerprint density at radius 1 is 1.31 bits per heavy atom. The zero-order valence-corrected chi connectivity index (χ0v) is 12.3. The third kappa shape index (κ3) is 3.99. The van der Waals surface area contributed by atoms with Crippen molar-refractivity contribution >= 4 is 27.5 Å². The van der Waals surface area contributed by atoms with Gasteiger partial charge in [-0.05, 0) is 37.0 Å². The molecule has 0 saturated carbocycles. The van der Waals surface area contributed by atoms with Gasteiger partial charge in [-0.15, -0.1) is 11.6 Å². The molecule has 16 heavy (non-hydrogen) atoms. The molecule has 0 bridgehead atoms. The van der Waals surface area contributed by atoms with Crippen LogP contribution >= 0.6 is 27.5 Å². The minimum atomic E-state index is 0.0230. The second-order valence-electron chi connectivity index (χ2n) is 4.33. The molecule has 90 valence electrons. The summed E-state index contributed by atoms with van der Waals surface area (Å²) in [6, 6.07) is 5.95. The van der Waals surface area contributed by atoms with Gasteiger partial charge in [-0.25, -0.2) is 0 Å². The Kier molecular flexibility index (Phi) is 5.63. The summed E-state index contributed by atoms with van der Waals surface area (Å²) in [6.07, 6.45) is 2.11. The molecule has 1 aromatic carbocycles. The molecule has 1 rings (SSSR count). The molecule has 0 N–H and O–H groups in total. The highest BCUT2D eigenvalue weighted by molar-refractivity contribution is 9.10.